The van der Waals surface area contributed by atoms with E-state index in [0.717, 1.165) is 31.4 Å². The number of carbonyl (C=O) groups is 1. The molecule has 134 valence electrons. The number of aryl methyl sites for hydroxylation is 2. The highest BCUT2D eigenvalue weighted by molar-refractivity contribution is 8.00. The highest BCUT2D eigenvalue weighted by atomic mass is 32.2. The van der Waals surface area contributed by atoms with Gasteiger partial charge in [-0.05, 0) is 43.2 Å². The first-order valence-electron chi connectivity index (χ1n) is 9.06. The van der Waals surface area contributed by atoms with Gasteiger partial charge in [0.15, 0.2) is 0 Å². The summed E-state index contributed by atoms with van der Waals surface area (Å²) in [5, 5.41) is 10.0. The number of morpholine rings is 1. The number of hydrogen-bond donors (Lipinski definition) is 0. The number of fused-ring (bicyclic) bond motifs is 1. The van der Waals surface area contributed by atoms with Crippen molar-refractivity contribution in [1.29, 1.82) is 5.26 Å². The van der Waals surface area contributed by atoms with Crippen molar-refractivity contribution in [3.63, 3.8) is 0 Å². The fraction of sp³-hybridized carbons (Fsp3) is 0.632. The van der Waals surface area contributed by atoms with Gasteiger partial charge in [0.25, 0.3) is 0 Å². The summed E-state index contributed by atoms with van der Waals surface area (Å²) in [5.74, 6) is 0.302. The lowest BCUT2D eigenvalue weighted by molar-refractivity contribution is -0.135. The minimum Gasteiger partial charge on any atom is -0.378 e. The standard InChI is InChI=1S/C19H25N3O2S/c1-13(2)17(19(23)22-7-9-24-10-8-22)25-18-15(12-20)11-14-5-3-4-6-16(14)21-18/h11,13,17H,3-10H2,1-2H3. The lowest BCUT2D eigenvalue weighted by Gasteiger charge is -2.31. The molecule has 1 aromatic rings. The van der Waals surface area contributed by atoms with E-state index >= 15 is 0 Å². The molecular formula is C19H25N3O2S. The van der Waals surface area contributed by atoms with Crippen LogP contribution in [-0.2, 0) is 22.4 Å². The van der Waals surface area contributed by atoms with Crippen molar-refractivity contribution in [3.8, 4) is 6.07 Å². The number of rotatable bonds is 4. The second-order valence-electron chi connectivity index (χ2n) is 6.99. The summed E-state index contributed by atoms with van der Waals surface area (Å²) in [6.45, 7) is 6.60. The van der Waals surface area contributed by atoms with Crippen molar-refractivity contribution in [1.82, 2.24) is 9.88 Å². The molecule has 1 amide bonds. The maximum Gasteiger partial charge on any atom is 0.236 e. The molecule has 1 fully saturated rings. The average Bonchev–Trinajstić information content (AvgIpc) is 2.65. The minimum absolute atomic E-state index is 0.131. The van der Waals surface area contributed by atoms with Crippen molar-refractivity contribution in [2.75, 3.05) is 26.3 Å². The molecule has 3 rings (SSSR count). The molecule has 6 heteroatoms. The zero-order chi connectivity index (χ0) is 17.8. The molecule has 1 unspecified atom stereocenters. The van der Waals surface area contributed by atoms with Gasteiger partial charge in [0.1, 0.15) is 11.1 Å². The number of ether oxygens (including phenoxy) is 1. The molecule has 1 atom stereocenters. The Labute approximate surface area is 153 Å². The molecule has 0 radical (unpaired) electrons. The highest BCUT2D eigenvalue weighted by Crippen LogP contribution is 2.33. The van der Waals surface area contributed by atoms with Gasteiger partial charge in [0.05, 0.1) is 24.0 Å². The van der Waals surface area contributed by atoms with E-state index in [-0.39, 0.29) is 17.1 Å². The van der Waals surface area contributed by atoms with Crippen LogP contribution in [0.25, 0.3) is 0 Å². The van der Waals surface area contributed by atoms with Crippen LogP contribution in [0.5, 0.6) is 0 Å². The van der Waals surface area contributed by atoms with E-state index < -0.39 is 0 Å². The third-order valence-electron chi connectivity index (χ3n) is 4.80. The van der Waals surface area contributed by atoms with Crippen LogP contribution in [0.4, 0.5) is 0 Å². The molecule has 1 aliphatic carbocycles. The molecule has 25 heavy (non-hydrogen) atoms. The van der Waals surface area contributed by atoms with Gasteiger partial charge in [-0.2, -0.15) is 5.26 Å². The predicted octanol–water partition coefficient (Wildman–Crippen LogP) is 2.81. The lowest BCUT2D eigenvalue weighted by atomic mass is 9.95. The second-order valence-corrected chi connectivity index (χ2v) is 8.12. The number of hydrogen-bond acceptors (Lipinski definition) is 5. The first-order chi connectivity index (χ1) is 12.1. The van der Waals surface area contributed by atoms with E-state index in [4.69, 9.17) is 9.72 Å². The largest absolute Gasteiger partial charge is 0.378 e. The predicted molar refractivity (Wildman–Crippen MR) is 97.5 cm³/mol. The van der Waals surface area contributed by atoms with Gasteiger partial charge in [0.2, 0.25) is 5.91 Å². The Morgan fingerprint density at radius 1 is 1.32 bits per heavy atom. The van der Waals surface area contributed by atoms with Gasteiger partial charge in [-0.3, -0.25) is 4.79 Å². The second kappa shape index (κ2) is 8.20. The monoisotopic (exact) mass is 359 g/mol. The van der Waals surface area contributed by atoms with Crippen LogP contribution in [0.2, 0.25) is 0 Å². The first kappa shape index (κ1) is 18.2. The van der Waals surface area contributed by atoms with Gasteiger partial charge < -0.3 is 9.64 Å². The van der Waals surface area contributed by atoms with Gasteiger partial charge in [-0.15, -0.1) is 0 Å². The fourth-order valence-corrected chi connectivity index (χ4v) is 4.50. The minimum atomic E-state index is -0.223. The molecule has 1 aliphatic heterocycles. The molecule has 2 heterocycles. The number of nitriles is 1. The van der Waals surface area contributed by atoms with E-state index in [1.165, 1.54) is 17.3 Å². The van der Waals surface area contributed by atoms with Gasteiger partial charge in [-0.25, -0.2) is 4.98 Å². The van der Waals surface area contributed by atoms with Gasteiger partial charge in [0, 0.05) is 18.8 Å². The Kier molecular flexibility index (Phi) is 5.98. The number of aromatic nitrogens is 1. The zero-order valence-corrected chi connectivity index (χ0v) is 15.8. The molecule has 0 spiro atoms. The summed E-state index contributed by atoms with van der Waals surface area (Å²) in [6, 6.07) is 4.27. The van der Waals surface area contributed by atoms with Crippen molar-refractivity contribution in [2.45, 2.75) is 49.8 Å². The number of amides is 1. The summed E-state index contributed by atoms with van der Waals surface area (Å²) >= 11 is 1.46. The smallest absolute Gasteiger partial charge is 0.236 e. The van der Waals surface area contributed by atoms with Crippen LogP contribution in [-0.4, -0.2) is 47.3 Å². The lowest BCUT2D eigenvalue weighted by Crippen LogP contribution is -2.46. The summed E-state index contributed by atoms with van der Waals surface area (Å²) in [6.07, 6.45) is 4.28. The van der Waals surface area contributed by atoms with E-state index in [2.05, 4.69) is 19.9 Å². The maximum absolute atomic E-state index is 13.0. The van der Waals surface area contributed by atoms with Crippen molar-refractivity contribution >= 4 is 17.7 Å². The molecule has 0 saturated carbocycles. The molecule has 5 nitrogen and oxygen atoms in total. The van der Waals surface area contributed by atoms with Crippen LogP contribution in [0, 0.1) is 17.2 Å². The Balaban J connectivity index is 1.84. The summed E-state index contributed by atoms with van der Waals surface area (Å²) < 4.78 is 5.35. The van der Waals surface area contributed by atoms with Gasteiger partial charge >= 0.3 is 0 Å². The molecule has 0 bridgehead atoms. The van der Waals surface area contributed by atoms with Crippen LogP contribution < -0.4 is 0 Å². The molecule has 0 N–H and O–H groups in total. The Bertz CT molecular complexity index is 678. The van der Waals surface area contributed by atoms with Crippen molar-refractivity contribution < 1.29 is 9.53 Å². The van der Waals surface area contributed by atoms with Crippen LogP contribution >= 0.6 is 11.8 Å². The van der Waals surface area contributed by atoms with Crippen LogP contribution in [0.15, 0.2) is 11.1 Å². The van der Waals surface area contributed by atoms with E-state index in [0.29, 0.717) is 36.9 Å². The first-order valence-corrected chi connectivity index (χ1v) is 9.94. The molecule has 2 aliphatic rings. The van der Waals surface area contributed by atoms with E-state index in [1.807, 2.05) is 11.0 Å². The molecule has 1 saturated heterocycles. The Morgan fingerprint density at radius 2 is 2.04 bits per heavy atom. The number of carbonyl (C=O) groups excluding carboxylic acids is 1. The maximum atomic E-state index is 13.0. The zero-order valence-electron chi connectivity index (χ0n) is 15.0. The normalized spacial score (nSPS) is 18.6. The number of pyridine rings is 1. The summed E-state index contributed by atoms with van der Waals surface area (Å²) in [7, 11) is 0. The third-order valence-corrected chi connectivity index (χ3v) is 6.33. The van der Waals surface area contributed by atoms with Gasteiger partial charge in [-0.1, -0.05) is 25.6 Å². The molecule has 1 aromatic heterocycles. The third kappa shape index (κ3) is 4.16. The Morgan fingerprint density at radius 3 is 2.72 bits per heavy atom. The summed E-state index contributed by atoms with van der Waals surface area (Å²) in [4.78, 5) is 19.6. The van der Waals surface area contributed by atoms with E-state index in [1.54, 1.807) is 0 Å². The number of nitrogens with zero attached hydrogens (tertiary/aromatic N) is 3. The fourth-order valence-electron chi connectivity index (χ4n) is 3.34. The highest BCUT2D eigenvalue weighted by Gasteiger charge is 2.30. The Hall–Kier alpha value is -1.58. The summed E-state index contributed by atoms with van der Waals surface area (Å²) in [5.41, 5.74) is 2.91. The van der Waals surface area contributed by atoms with Crippen LogP contribution in [0.3, 0.4) is 0 Å². The van der Waals surface area contributed by atoms with Crippen LogP contribution in [0.1, 0.15) is 43.5 Å². The van der Waals surface area contributed by atoms with Crippen molar-refractivity contribution in [2.24, 2.45) is 5.92 Å². The average molecular weight is 359 g/mol. The van der Waals surface area contributed by atoms with Crippen molar-refractivity contribution in [3.05, 3.63) is 22.9 Å². The SMILES string of the molecule is CC(C)C(Sc1nc2c(cc1C#N)CCCC2)C(=O)N1CCOCC1. The molecule has 0 aromatic carbocycles. The quantitative estimate of drug-likeness (QED) is 0.774. The molecular weight excluding hydrogens is 334 g/mol. The number of thioether (sulfide) groups is 1. The van der Waals surface area contributed by atoms with E-state index in [9.17, 15) is 10.1 Å². The topological polar surface area (TPSA) is 66.2 Å².